The van der Waals surface area contributed by atoms with E-state index in [1.807, 2.05) is 34.6 Å². The highest BCUT2D eigenvalue weighted by atomic mass is 16.7. The summed E-state index contributed by atoms with van der Waals surface area (Å²) in [5.74, 6) is 0.726. The number of carbonyl (C=O) groups is 1. The number of hydrogen-bond acceptors (Lipinski definition) is 5. The third-order valence-electron chi connectivity index (χ3n) is 2.82. The number of nitrogens with zero attached hydrogens (tertiary/aromatic N) is 5. The minimum atomic E-state index is -0.396. The Labute approximate surface area is 106 Å². The Hall–Kier alpha value is -1.50. The van der Waals surface area contributed by atoms with E-state index in [-0.39, 0.29) is 11.4 Å². The number of hydrogen-bond donors (Lipinski definition) is 0. The zero-order valence-electron chi connectivity index (χ0n) is 11.5. The standard InChI is InChI=1S/C11H19N5O2/c1-8-12-13-14-15(8)7-11(5)6-9(17)16(11)18-10(2,3)4/h6-7H2,1-5H3. The van der Waals surface area contributed by atoms with Crippen LogP contribution in [0.25, 0.3) is 0 Å². The Kier molecular flexibility index (Phi) is 2.89. The largest absolute Gasteiger partial charge is 0.272 e. The number of aryl methyl sites for hydroxylation is 1. The first-order valence-corrected chi connectivity index (χ1v) is 5.96. The maximum Gasteiger partial charge on any atom is 0.249 e. The maximum atomic E-state index is 11.7. The molecule has 1 aromatic rings. The molecule has 2 heterocycles. The fraction of sp³-hybridized carbons (Fsp3) is 0.818. The molecule has 0 aliphatic carbocycles. The van der Waals surface area contributed by atoms with Crippen molar-refractivity contribution in [2.75, 3.05) is 0 Å². The van der Waals surface area contributed by atoms with Crippen LogP contribution in [0.2, 0.25) is 0 Å². The first-order chi connectivity index (χ1) is 8.21. The second kappa shape index (κ2) is 4.01. The summed E-state index contributed by atoms with van der Waals surface area (Å²) in [4.78, 5) is 17.4. The van der Waals surface area contributed by atoms with E-state index in [2.05, 4.69) is 15.5 Å². The van der Waals surface area contributed by atoms with Gasteiger partial charge in [-0.2, -0.15) is 0 Å². The molecule has 1 aliphatic heterocycles. The summed E-state index contributed by atoms with van der Waals surface area (Å²) in [6, 6.07) is 0. The lowest BCUT2D eigenvalue weighted by Crippen LogP contribution is -2.65. The highest BCUT2D eigenvalue weighted by molar-refractivity contribution is 5.83. The van der Waals surface area contributed by atoms with E-state index in [0.717, 1.165) is 5.82 Å². The zero-order valence-corrected chi connectivity index (χ0v) is 11.5. The molecule has 0 spiro atoms. The second-order valence-electron chi connectivity index (χ2n) is 5.95. The van der Waals surface area contributed by atoms with Crippen molar-refractivity contribution in [3.63, 3.8) is 0 Å². The van der Waals surface area contributed by atoms with Gasteiger partial charge in [0.2, 0.25) is 5.91 Å². The van der Waals surface area contributed by atoms with Crippen LogP contribution in [0.3, 0.4) is 0 Å². The van der Waals surface area contributed by atoms with Gasteiger partial charge in [-0.15, -0.1) is 5.10 Å². The van der Waals surface area contributed by atoms with Crippen molar-refractivity contribution in [2.24, 2.45) is 0 Å². The summed E-state index contributed by atoms with van der Waals surface area (Å²) < 4.78 is 1.69. The third kappa shape index (κ3) is 2.35. The summed E-state index contributed by atoms with van der Waals surface area (Å²) in [5, 5.41) is 12.8. The molecule has 18 heavy (non-hydrogen) atoms. The highest BCUT2D eigenvalue weighted by Gasteiger charge is 2.50. The van der Waals surface area contributed by atoms with Crippen LogP contribution >= 0.6 is 0 Å². The van der Waals surface area contributed by atoms with Gasteiger partial charge in [-0.25, -0.2) is 9.75 Å². The first kappa shape index (κ1) is 12.9. The van der Waals surface area contributed by atoms with Crippen molar-refractivity contribution in [3.05, 3.63) is 5.82 Å². The molecule has 1 atom stereocenters. The summed E-state index contributed by atoms with van der Waals surface area (Å²) in [6.45, 7) is 10.1. The van der Waals surface area contributed by atoms with Crippen LogP contribution in [0.1, 0.15) is 39.9 Å². The lowest BCUT2D eigenvalue weighted by Gasteiger charge is -2.50. The average molecular weight is 253 g/mol. The van der Waals surface area contributed by atoms with Gasteiger partial charge in [0.15, 0.2) is 0 Å². The molecule has 1 amide bonds. The molecule has 1 unspecified atom stereocenters. The Bertz CT molecular complexity index is 464. The van der Waals surface area contributed by atoms with E-state index >= 15 is 0 Å². The SMILES string of the molecule is Cc1nnnn1CC1(C)CC(=O)N1OC(C)(C)C. The summed E-state index contributed by atoms with van der Waals surface area (Å²) in [7, 11) is 0. The number of rotatable bonds is 3. The normalized spacial score (nSPS) is 24.3. The summed E-state index contributed by atoms with van der Waals surface area (Å²) >= 11 is 0. The van der Waals surface area contributed by atoms with Crippen molar-refractivity contribution >= 4 is 5.91 Å². The van der Waals surface area contributed by atoms with E-state index in [1.165, 1.54) is 5.06 Å². The van der Waals surface area contributed by atoms with Crippen LogP contribution in [0.15, 0.2) is 0 Å². The number of carbonyl (C=O) groups excluding carboxylic acids is 1. The molecule has 0 bridgehead atoms. The Morgan fingerprint density at radius 1 is 1.44 bits per heavy atom. The molecular weight excluding hydrogens is 234 g/mol. The van der Waals surface area contributed by atoms with Crippen LogP contribution in [0.5, 0.6) is 0 Å². The molecule has 7 nitrogen and oxygen atoms in total. The summed E-state index contributed by atoms with van der Waals surface area (Å²) in [5.41, 5.74) is -0.780. The fourth-order valence-corrected chi connectivity index (χ4v) is 1.95. The van der Waals surface area contributed by atoms with Crippen LogP contribution < -0.4 is 0 Å². The molecular formula is C11H19N5O2. The van der Waals surface area contributed by atoms with Crippen molar-refractivity contribution in [3.8, 4) is 0 Å². The molecule has 1 saturated heterocycles. The van der Waals surface area contributed by atoms with Crippen LogP contribution in [-0.2, 0) is 16.2 Å². The van der Waals surface area contributed by atoms with Gasteiger partial charge in [-0.3, -0.25) is 9.63 Å². The molecule has 7 heteroatoms. The number of hydroxylamine groups is 2. The maximum absolute atomic E-state index is 11.7. The first-order valence-electron chi connectivity index (χ1n) is 5.96. The average Bonchev–Trinajstić information content (AvgIpc) is 2.60. The van der Waals surface area contributed by atoms with E-state index < -0.39 is 5.60 Å². The lowest BCUT2D eigenvalue weighted by molar-refractivity contribution is -0.293. The zero-order chi connectivity index (χ0) is 13.6. The van der Waals surface area contributed by atoms with E-state index in [0.29, 0.717) is 13.0 Å². The van der Waals surface area contributed by atoms with E-state index in [9.17, 15) is 4.79 Å². The fourth-order valence-electron chi connectivity index (χ4n) is 1.95. The molecule has 0 saturated carbocycles. The smallest absolute Gasteiger partial charge is 0.249 e. The van der Waals surface area contributed by atoms with Gasteiger partial charge in [-0.1, -0.05) is 0 Å². The second-order valence-corrected chi connectivity index (χ2v) is 5.95. The third-order valence-corrected chi connectivity index (χ3v) is 2.82. The highest BCUT2D eigenvalue weighted by Crippen LogP contribution is 2.35. The molecule has 2 rings (SSSR count). The van der Waals surface area contributed by atoms with Gasteiger partial charge in [-0.05, 0) is 45.0 Å². The quantitative estimate of drug-likeness (QED) is 0.741. The Morgan fingerprint density at radius 3 is 2.56 bits per heavy atom. The molecule has 100 valence electrons. The van der Waals surface area contributed by atoms with Crippen molar-refractivity contribution in [1.82, 2.24) is 25.3 Å². The van der Waals surface area contributed by atoms with Crippen LogP contribution in [0, 0.1) is 6.92 Å². The minimum Gasteiger partial charge on any atom is -0.272 e. The van der Waals surface area contributed by atoms with Crippen LogP contribution in [0.4, 0.5) is 0 Å². The minimum absolute atomic E-state index is 0.00171. The van der Waals surface area contributed by atoms with Crippen molar-refractivity contribution in [1.29, 1.82) is 0 Å². The number of aromatic nitrogens is 4. The molecule has 1 aromatic heterocycles. The van der Waals surface area contributed by atoms with Gasteiger partial charge in [0.05, 0.1) is 24.1 Å². The Balaban J connectivity index is 2.11. The number of amides is 1. The van der Waals surface area contributed by atoms with Crippen LogP contribution in [-0.4, -0.2) is 42.3 Å². The monoisotopic (exact) mass is 253 g/mol. The van der Waals surface area contributed by atoms with Gasteiger partial charge in [0.25, 0.3) is 0 Å². The number of tetrazole rings is 1. The van der Waals surface area contributed by atoms with Crippen molar-refractivity contribution in [2.45, 2.75) is 58.7 Å². The van der Waals surface area contributed by atoms with E-state index in [4.69, 9.17) is 4.84 Å². The molecule has 1 aliphatic rings. The lowest BCUT2D eigenvalue weighted by atomic mass is 9.88. The summed E-state index contributed by atoms with van der Waals surface area (Å²) in [6.07, 6.45) is 0.447. The van der Waals surface area contributed by atoms with Gasteiger partial charge >= 0.3 is 0 Å². The van der Waals surface area contributed by atoms with Gasteiger partial charge < -0.3 is 0 Å². The molecule has 1 fully saturated rings. The molecule has 0 radical (unpaired) electrons. The van der Waals surface area contributed by atoms with Crippen molar-refractivity contribution < 1.29 is 9.63 Å². The van der Waals surface area contributed by atoms with Gasteiger partial charge in [0.1, 0.15) is 5.82 Å². The Morgan fingerprint density at radius 2 is 2.11 bits per heavy atom. The predicted molar refractivity (Wildman–Crippen MR) is 63.3 cm³/mol. The predicted octanol–water partition coefficient (Wildman–Crippen LogP) is 0.703. The molecule has 0 N–H and O–H groups in total. The van der Waals surface area contributed by atoms with Gasteiger partial charge in [0, 0.05) is 0 Å². The van der Waals surface area contributed by atoms with E-state index in [1.54, 1.807) is 4.68 Å². The number of β-lactam (4-membered cyclic amide) rings is 1. The molecule has 0 aromatic carbocycles. The topological polar surface area (TPSA) is 73.1 Å².